The number of halogens is 2. The van der Waals surface area contributed by atoms with Gasteiger partial charge in [-0.2, -0.15) is 0 Å². The second kappa shape index (κ2) is 8.97. The lowest BCUT2D eigenvalue weighted by Gasteiger charge is -2.19. The molecule has 0 bridgehead atoms. The molecule has 1 N–H and O–H groups in total. The predicted octanol–water partition coefficient (Wildman–Crippen LogP) is 4.25. The van der Waals surface area contributed by atoms with Gasteiger partial charge in [-0.3, -0.25) is 14.4 Å². The van der Waals surface area contributed by atoms with E-state index in [2.05, 4.69) is 21.2 Å². The summed E-state index contributed by atoms with van der Waals surface area (Å²) in [6.07, 6.45) is 0.0618. The third-order valence-corrected chi connectivity index (χ3v) is 5.46. The topological polar surface area (TPSA) is 75.7 Å². The molecule has 0 unspecified atom stereocenters. The number of rotatable bonds is 5. The lowest BCUT2D eigenvalue weighted by atomic mass is 10.1. The number of esters is 1. The zero-order chi connectivity index (χ0) is 21.1. The zero-order valence-corrected chi connectivity index (χ0v) is 18.3. The quantitative estimate of drug-likeness (QED) is 0.651. The fraction of sp³-hybridized carbons (Fsp3) is 0.286. The molecular weight excluding hydrogens is 460 g/mol. The van der Waals surface area contributed by atoms with Crippen LogP contribution in [0.25, 0.3) is 0 Å². The van der Waals surface area contributed by atoms with Crippen LogP contribution in [0.5, 0.6) is 0 Å². The van der Waals surface area contributed by atoms with Crippen LogP contribution in [0.4, 0.5) is 11.4 Å². The van der Waals surface area contributed by atoms with E-state index >= 15 is 0 Å². The Kier molecular flexibility index (Phi) is 6.59. The molecule has 0 spiro atoms. The van der Waals surface area contributed by atoms with Gasteiger partial charge in [-0.25, -0.2) is 0 Å². The van der Waals surface area contributed by atoms with Crippen LogP contribution in [0.15, 0.2) is 40.9 Å². The van der Waals surface area contributed by atoms with Gasteiger partial charge in [0.1, 0.15) is 0 Å². The summed E-state index contributed by atoms with van der Waals surface area (Å²) in [5.41, 5.74) is 3.29. The molecule has 29 heavy (non-hydrogen) atoms. The number of carbonyl (C=O) groups is 3. The van der Waals surface area contributed by atoms with Gasteiger partial charge in [-0.05, 0) is 43.7 Å². The van der Waals surface area contributed by atoms with Crippen LogP contribution in [0.3, 0.4) is 0 Å². The van der Waals surface area contributed by atoms with E-state index in [1.54, 1.807) is 23.1 Å². The van der Waals surface area contributed by atoms with E-state index in [1.807, 2.05) is 32.0 Å². The maximum Gasteiger partial charge on any atom is 0.311 e. The highest BCUT2D eigenvalue weighted by atomic mass is 79.9. The first-order chi connectivity index (χ1) is 13.7. The maximum absolute atomic E-state index is 12.4. The Hall–Kier alpha value is -2.38. The van der Waals surface area contributed by atoms with Gasteiger partial charge in [0.05, 0.1) is 16.6 Å². The van der Waals surface area contributed by atoms with Crippen LogP contribution >= 0.6 is 27.5 Å². The van der Waals surface area contributed by atoms with Crippen molar-refractivity contribution < 1.29 is 19.1 Å². The molecule has 1 atom stereocenters. The summed E-state index contributed by atoms with van der Waals surface area (Å²) in [6.45, 7) is 3.70. The summed E-state index contributed by atoms with van der Waals surface area (Å²) in [7, 11) is 0. The molecule has 1 heterocycles. The Bertz CT molecular complexity index is 979. The van der Waals surface area contributed by atoms with Crippen molar-refractivity contribution in [1.82, 2.24) is 0 Å². The van der Waals surface area contributed by atoms with Gasteiger partial charge in [0, 0.05) is 23.1 Å². The third kappa shape index (κ3) is 5.16. The predicted molar refractivity (Wildman–Crippen MR) is 115 cm³/mol. The Morgan fingerprint density at radius 3 is 2.69 bits per heavy atom. The lowest BCUT2D eigenvalue weighted by molar-refractivity contribution is -0.151. The zero-order valence-electron chi connectivity index (χ0n) is 16.0. The number of ether oxygens (including phenoxy) is 1. The monoisotopic (exact) mass is 478 g/mol. The number of hydrogen-bond donors (Lipinski definition) is 1. The molecule has 1 saturated heterocycles. The summed E-state index contributed by atoms with van der Waals surface area (Å²) in [6, 6.07) is 10.8. The van der Waals surface area contributed by atoms with Crippen LogP contribution in [0.2, 0.25) is 5.02 Å². The average Bonchev–Trinajstić information content (AvgIpc) is 3.04. The van der Waals surface area contributed by atoms with Crippen LogP contribution < -0.4 is 10.2 Å². The molecule has 3 rings (SSSR count). The number of hydrogen-bond acceptors (Lipinski definition) is 4. The minimum Gasteiger partial charge on any atom is -0.455 e. The number of aryl methyl sites for hydroxylation is 2. The van der Waals surface area contributed by atoms with Gasteiger partial charge in [-0.15, -0.1) is 0 Å². The molecule has 152 valence electrons. The van der Waals surface area contributed by atoms with Crippen molar-refractivity contribution in [2.75, 3.05) is 23.4 Å². The Morgan fingerprint density at radius 2 is 2.00 bits per heavy atom. The first-order valence-electron chi connectivity index (χ1n) is 9.03. The Morgan fingerprint density at radius 1 is 1.24 bits per heavy atom. The van der Waals surface area contributed by atoms with Gasteiger partial charge in [0.25, 0.3) is 5.91 Å². The maximum atomic E-state index is 12.4. The fourth-order valence-electron chi connectivity index (χ4n) is 3.24. The average molecular weight is 480 g/mol. The summed E-state index contributed by atoms with van der Waals surface area (Å²) >= 11 is 9.34. The fourth-order valence-corrected chi connectivity index (χ4v) is 3.96. The molecule has 2 aromatic carbocycles. The van der Waals surface area contributed by atoms with Crippen molar-refractivity contribution in [3.05, 3.63) is 57.0 Å². The highest BCUT2D eigenvalue weighted by Crippen LogP contribution is 2.29. The van der Waals surface area contributed by atoms with E-state index < -0.39 is 24.4 Å². The van der Waals surface area contributed by atoms with Gasteiger partial charge < -0.3 is 15.0 Å². The first kappa shape index (κ1) is 21.3. The normalized spacial score (nSPS) is 16.1. The summed E-state index contributed by atoms with van der Waals surface area (Å²) in [4.78, 5) is 38.4. The van der Waals surface area contributed by atoms with E-state index in [9.17, 15) is 14.4 Å². The second-order valence-corrected chi connectivity index (χ2v) is 8.30. The van der Waals surface area contributed by atoms with E-state index in [0.29, 0.717) is 10.7 Å². The number of amides is 2. The molecular formula is C21H20BrClN2O4. The molecule has 2 aromatic rings. The van der Waals surface area contributed by atoms with Crippen molar-refractivity contribution >= 4 is 56.7 Å². The minimum atomic E-state index is -0.604. The SMILES string of the molecule is Cc1ccc(N2C[C@@H](C(=O)OCC(=O)Nc3ccc(Br)cc3Cl)CC2=O)c(C)c1. The summed E-state index contributed by atoms with van der Waals surface area (Å²) in [5, 5.41) is 2.96. The molecule has 0 radical (unpaired) electrons. The molecule has 6 nitrogen and oxygen atoms in total. The van der Waals surface area contributed by atoms with Crippen LogP contribution in [0.1, 0.15) is 17.5 Å². The van der Waals surface area contributed by atoms with Gasteiger partial charge >= 0.3 is 5.97 Å². The van der Waals surface area contributed by atoms with E-state index in [-0.39, 0.29) is 18.9 Å². The number of carbonyl (C=O) groups excluding carboxylic acids is 3. The van der Waals surface area contributed by atoms with Gasteiger partial charge in [-0.1, -0.05) is 45.2 Å². The van der Waals surface area contributed by atoms with E-state index in [0.717, 1.165) is 21.3 Å². The molecule has 8 heteroatoms. The largest absolute Gasteiger partial charge is 0.455 e. The summed E-state index contributed by atoms with van der Waals surface area (Å²) in [5.74, 6) is -1.81. The second-order valence-electron chi connectivity index (χ2n) is 6.98. The summed E-state index contributed by atoms with van der Waals surface area (Å²) < 4.78 is 5.91. The van der Waals surface area contributed by atoms with E-state index in [1.165, 1.54) is 0 Å². The van der Waals surface area contributed by atoms with Crippen molar-refractivity contribution in [2.24, 2.45) is 5.92 Å². The van der Waals surface area contributed by atoms with Crippen LogP contribution in [-0.2, 0) is 19.1 Å². The highest BCUT2D eigenvalue weighted by Gasteiger charge is 2.36. The smallest absolute Gasteiger partial charge is 0.311 e. The number of nitrogens with one attached hydrogen (secondary N) is 1. The molecule has 1 fully saturated rings. The molecule has 0 aliphatic carbocycles. The van der Waals surface area contributed by atoms with Crippen molar-refractivity contribution in [3.8, 4) is 0 Å². The van der Waals surface area contributed by atoms with Crippen LogP contribution in [-0.4, -0.2) is 30.9 Å². The molecule has 0 saturated carbocycles. The van der Waals surface area contributed by atoms with Crippen molar-refractivity contribution in [1.29, 1.82) is 0 Å². The third-order valence-electron chi connectivity index (χ3n) is 4.65. The lowest BCUT2D eigenvalue weighted by Crippen LogP contribution is -2.28. The van der Waals surface area contributed by atoms with Crippen molar-refractivity contribution in [3.63, 3.8) is 0 Å². The molecule has 1 aliphatic rings. The van der Waals surface area contributed by atoms with Gasteiger partial charge in [0.2, 0.25) is 5.91 Å². The van der Waals surface area contributed by atoms with Gasteiger partial charge in [0.15, 0.2) is 6.61 Å². The molecule has 1 aliphatic heterocycles. The number of nitrogens with zero attached hydrogens (tertiary/aromatic N) is 1. The standard InChI is InChI=1S/C21H20BrClN2O4/c1-12-3-6-18(13(2)7-12)25-10-14(8-20(25)27)21(28)29-11-19(26)24-17-5-4-15(22)9-16(17)23/h3-7,9,14H,8,10-11H2,1-2H3,(H,24,26)/t14-/m0/s1. The van der Waals surface area contributed by atoms with Crippen LogP contribution in [0, 0.1) is 19.8 Å². The number of anilines is 2. The Labute approximate surface area is 182 Å². The first-order valence-corrected chi connectivity index (χ1v) is 10.2. The molecule has 0 aromatic heterocycles. The highest BCUT2D eigenvalue weighted by molar-refractivity contribution is 9.10. The Balaban J connectivity index is 1.56. The van der Waals surface area contributed by atoms with E-state index in [4.69, 9.17) is 16.3 Å². The van der Waals surface area contributed by atoms with Crippen molar-refractivity contribution in [2.45, 2.75) is 20.3 Å². The molecule has 2 amide bonds. The number of benzene rings is 2. The minimum absolute atomic E-state index is 0.0618.